The number of para-hydroxylation sites is 4. The van der Waals surface area contributed by atoms with Crippen molar-refractivity contribution >= 4 is 22.2 Å². The second kappa shape index (κ2) is 16.6. The van der Waals surface area contributed by atoms with Crippen LogP contribution in [0.15, 0.2) is 227 Å². The van der Waals surface area contributed by atoms with Crippen molar-refractivity contribution in [2.45, 2.75) is 57.8 Å². The molecule has 1 spiro atoms. The van der Waals surface area contributed by atoms with Crippen LogP contribution in [-0.2, 0) is 16.2 Å². The summed E-state index contributed by atoms with van der Waals surface area (Å²) in [5.74, 6) is 1.22. The van der Waals surface area contributed by atoms with Crippen molar-refractivity contribution in [1.29, 1.82) is 0 Å². The average Bonchev–Trinajstić information content (AvgIpc) is 4.41. The monoisotopic (exact) mass is 966 g/mol. The Hall–Kier alpha value is -8.86. The molecule has 10 aromatic carbocycles. The third-order valence-electron chi connectivity index (χ3n) is 15.9. The first-order valence-corrected chi connectivity index (χ1v) is 26.1. The molecule has 0 N–H and O–H groups in total. The molecule has 0 saturated carbocycles. The maximum absolute atomic E-state index is 6.17. The molecule has 75 heavy (non-hydrogen) atoms. The van der Waals surface area contributed by atoms with Gasteiger partial charge in [0.05, 0.1) is 5.41 Å². The van der Waals surface area contributed by atoms with E-state index in [4.69, 9.17) is 18.8 Å². The van der Waals surface area contributed by atoms with Crippen molar-refractivity contribution in [3.8, 4) is 89.7 Å². The summed E-state index contributed by atoms with van der Waals surface area (Å²) in [6.45, 7) is 14.0. The van der Waals surface area contributed by atoms with E-state index in [-0.39, 0.29) is 10.8 Å². The van der Waals surface area contributed by atoms with Crippen LogP contribution in [0.3, 0.4) is 0 Å². The first-order chi connectivity index (χ1) is 36.4. The van der Waals surface area contributed by atoms with Crippen LogP contribution in [0.5, 0.6) is 0 Å². The van der Waals surface area contributed by atoms with Crippen LogP contribution in [0.25, 0.3) is 112 Å². The van der Waals surface area contributed by atoms with E-state index < -0.39 is 5.41 Å². The van der Waals surface area contributed by atoms with Crippen LogP contribution >= 0.6 is 0 Å². The standard InChI is InChI=1S/C71H54N2O2/c1-69(2,3)53-31-34-57-58-35-32-54(70(4,5)6)42-62(58)71(61(57)41-53)59-17-8-7-16-55(59)56-33-30-49(40-60(56)71)47-14-13-15-48(36-47)52-38-50(43-22-26-45(27-23-43)67-72-63-18-9-11-20-65(63)74-67)37-51(39-52)44-24-28-46(29-25-44)68-73-64-19-10-12-21-66(64)75-68/h7-42H,1-6H3. The van der Waals surface area contributed by atoms with E-state index in [1.165, 1.54) is 66.8 Å². The lowest BCUT2D eigenvalue weighted by molar-refractivity contribution is 0.586. The maximum Gasteiger partial charge on any atom is 0.227 e. The predicted octanol–water partition coefficient (Wildman–Crippen LogP) is 18.9. The molecule has 2 aliphatic rings. The summed E-state index contributed by atoms with van der Waals surface area (Å²) in [6.07, 6.45) is 0. The minimum absolute atomic E-state index is 0.0190. The van der Waals surface area contributed by atoms with E-state index >= 15 is 0 Å². The molecule has 0 atom stereocenters. The van der Waals surface area contributed by atoms with Gasteiger partial charge in [0.25, 0.3) is 0 Å². The summed E-state index contributed by atoms with van der Waals surface area (Å²) < 4.78 is 12.3. The molecule has 0 amide bonds. The van der Waals surface area contributed by atoms with Crippen molar-refractivity contribution in [2.75, 3.05) is 0 Å². The fourth-order valence-electron chi connectivity index (χ4n) is 11.9. The van der Waals surface area contributed by atoms with Crippen molar-refractivity contribution in [2.24, 2.45) is 0 Å². The van der Waals surface area contributed by atoms with E-state index in [1.807, 2.05) is 48.5 Å². The Bertz CT molecular complexity index is 3980. The molecule has 0 unspecified atom stereocenters. The molecule has 2 aromatic heterocycles. The van der Waals surface area contributed by atoms with E-state index in [0.29, 0.717) is 11.8 Å². The first kappa shape index (κ1) is 44.8. The molecular weight excluding hydrogens is 913 g/mol. The lowest BCUT2D eigenvalue weighted by Gasteiger charge is -2.33. The summed E-state index contributed by atoms with van der Waals surface area (Å²) in [4.78, 5) is 9.57. The van der Waals surface area contributed by atoms with Crippen LogP contribution < -0.4 is 0 Å². The smallest absolute Gasteiger partial charge is 0.227 e. The van der Waals surface area contributed by atoms with Crippen LogP contribution in [-0.4, -0.2) is 9.97 Å². The van der Waals surface area contributed by atoms with Gasteiger partial charge in [-0.2, -0.15) is 0 Å². The van der Waals surface area contributed by atoms with E-state index in [9.17, 15) is 0 Å². The predicted molar refractivity (Wildman–Crippen MR) is 308 cm³/mol. The van der Waals surface area contributed by atoms with Gasteiger partial charge in [0.2, 0.25) is 11.8 Å². The number of hydrogen-bond donors (Lipinski definition) is 0. The first-order valence-electron chi connectivity index (χ1n) is 26.1. The Morgan fingerprint density at radius 2 is 0.667 bits per heavy atom. The van der Waals surface area contributed by atoms with Gasteiger partial charge in [-0.3, -0.25) is 0 Å². The lowest BCUT2D eigenvalue weighted by Crippen LogP contribution is -2.27. The Labute approximate surface area is 438 Å². The van der Waals surface area contributed by atoms with E-state index in [0.717, 1.165) is 66.7 Å². The van der Waals surface area contributed by atoms with E-state index in [1.54, 1.807) is 0 Å². The van der Waals surface area contributed by atoms with Gasteiger partial charge >= 0.3 is 0 Å². The summed E-state index contributed by atoms with van der Waals surface area (Å²) in [6, 6.07) is 79.9. The van der Waals surface area contributed by atoms with E-state index in [2.05, 4.69) is 211 Å². The van der Waals surface area contributed by atoms with Crippen LogP contribution in [0.4, 0.5) is 0 Å². The molecule has 0 radical (unpaired) electrons. The summed E-state index contributed by atoms with van der Waals surface area (Å²) >= 11 is 0. The highest BCUT2D eigenvalue weighted by molar-refractivity contribution is 5.97. The molecule has 0 aliphatic heterocycles. The summed E-state index contributed by atoms with van der Waals surface area (Å²) in [5.41, 5.74) is 27.1. The van der Waals surface area contributed by atoms with Gasteiger partial charge in [0.15, 0.2) is 11.2 Å². The number of rotatable bonds is 6. The number of nitrogens with zero attached hydrogens (tertiary/aromatic N) is 2. The quantitative estimate of drug-likeness (QED) is 0.167. The van der Waals surface area contributed by atoms with Gasteiger partial charge in [-0.1, -0.05) is 181 Å². The molecule has 0 bridgehead atoms. The second-order valence-electron chi connectivity index (χ2n) is 22.6. The lowest BCUT2D eigenvalue weighted by atomic mass is 9.68. The van der Waals surface area contributed by atoms with Gasteiger partial charge in [-0.25, -0.2) is 9.97 Å². The average molecular weight is 967 g/mol. The highest BCUT2D eigenvalue weighted by atomic mass is 16.4. The normalized spacial score (nSPS) is 13.3. The third kappa shape index (κ3) is 7.26. The second-order valence-corrected chi connectivity index (χ2v) is 22.6. The topological polar surface area (TPSA) is 52.1 Å². The van der Waals surface area contributed by atoms with Gasteiger partial charge in [-0.15, -0.1) is 0 Å². The van der Waals surface area contributed by atoms with Gasteiger partial charge in [-0.05, 0) is 190 Å². The summed E-state index contributed by atoms with van der Waals surface area (Å²) in [7, 11) is 0. The van der Waals surface area contributed by atoms with Crippen molar-refractivity contribution in [1.82, 2.24) is 9.97 Å². The molecular formula is C71H54N2O2. The summed E-state index contributed by atoms with van der Waals surface area (Å²) in [5, 5.41) is 0. The minimum atomic E-state index is -0.484. The SMILES string of the molecule is CC(C)(C)c1ccc2c(c1)C1(c3ccccc3-c3ccc(-c4cccc(-c5cc(-c6ccc(-c7nc8ccccc8o7)cc6)cc(-c6ccc(-c7nc8ccccc8o7)cc6)c5)c4)cc31)c1cc(C(C)(C)C)ccc1-2. The van der Waals surface area contributed by atoms with Gasteiger partial charge < -0.3 is 8.83 Å². The Balaban J connectivity index is 0.903. The fraction of sp³-hybridized carbons (Fsp3) is 0.127. The fourth-order valence-corrected chi connectivity index (χ4v) is 11.9. The zero-order valence-electron chi connectivity index (χ0n) is 43.0. The number of benzene rings is 10. The molecule has 12 aromatic rings. The zero-order chi connectivity index (χ0) is 50.8. The Kier molecular flexibility index (Phi) is 9.90. The number of oxazole rings is 2. The number of hydrogen-bond acceptors (Lipinski definition) is 4. The van der Waals surface area contributed by atoms with Crippen molar-refractivity contribution < 1.29 is 8.83 Å². The number of fused-ring (bicyclic) bond motifs is 12. The third-order valence-corrected chi connectivity index (χ3v) is 15.9. The van der Waals surface area contributed by atoms with Gasteiger partial charge in [0.1, 0.15) is 11.0 Å². The molecule has 360 valence electrons. The molecule has 0 fully saturated rings. The van der Waals surface area contributed by atoms with Crippen LogP contribution in [0, 0.1) is 0 Å². The number of aromatic nitrogens is 2. The maximum atomic E-state index is 6.17. The van der Waals surface area contributed by atoms with Crippen LogP contribution in [0.1, 0.15) is 74.9 Å². The van der Waals surface area contributed by atoms with Gasteiger partial charge in [0, 0.05) is 11.1 Å². The van der Waals surface area contributed by atoms with Crippen molar-refractivity contribution in [3.05, 3.63) is 252 Å². The molecule has 2 heterocycles. The minimum Gasteiger partial charge on any atom is -0.436 e. The zero-order valence-corrected chi connectivity index (χ0v) is 43.0. The highest BCUT2D eigenvalue weighted by Gasteiger charge is 2.52. The van der Waals surface area contributed by atoms with Crippen molar-refractivity contribution in [3.63, 3.8) is 0 Å². The highest BCUT2D eigenvalue weighted by Crippen LogP contribution is 2.64. The molecule has 2 aliphatic carbocycles. The molecule has 14 rings (SSSR count). The molecule has 4 nitrogen and oxygen atoms in total. The Morgan fingerprint density at radius 3 is 1.17 bits per heavy atom. The largest absolute Gasteiger partial charge is 0.436 e. The van der Waals surface area contributed by atoms with Crippen LogP contribution in [0.2, 0.25) is 0 Å². The molecule has 4 heteroatoms. The molecule has 0 saturated heterocycles. The Morgan fingerprint density at radius 1 is 0.293 bits per heavy atom.